The molecule has 0 saturated carbocycles. The molecular weight excluding hydrogens is 410 g/mol. The van der Waals surface area contributed by atoms with E-state index in [1.54, 1.807) is 30.3 Å². The maximum absolute atomic E-state index is 12.8. The number of imide groups is 1. The molecule has 0 aliphatic carbocycles. The van der Waals surface area contributed by atoms with E-state index in [9.17, 15) is 19.2 Å². The van der Waals surface area contributed by atoms with E-state index < -0.39 is 29.5 Å². The maximum Gasteiger partial charge on any atom is 0.336 e. The minimum absolute atomic E-state index is 0.206. The molecule has 0 saturated heterocycles. The molecule has 32 heavy (non-hydrogen) atoms. The maximum atomic E-state index is 12.8. The van der Waals surface area contributed by atoms with Crippen LogP contribution in [0, 0.1) is 0 Å². The van der Waals surface area contributed by atoms with Crippen molar-refractivity contribution < 1.29 is 23.5 Å². The first kappa shape index (κ1) is 19.7. The average molecular weight is 427 g/mol. The van der Waals surface area contributed by atoms with Crippen LogP contribution >= 0.6 is 0 Å². The normalized spacial score (nSPS) is 14.1. The smallest absolute Gasteiger partial charge is 0.336 e. The summed E-state index contributed by atoms with van der Waals surface area (Å²) in [6.45, 7) is 1.24. The van der Waals surface area contributed by atoms with Crippen molar-refractivity contribution in [2.45, 2.75) is 19.6 Å². The van der Waals surface area contributed by atoms with Crippen molar-refractivity contribution in [3.63, 3.8) is 0 Å². The van der Waals surface area contributed by atoms with Crippen molar-refractivity contribution >= 4 is 39.5 Å². The van der Waals surface area contributed by atoms with Gasteiger partial charge in [-0.25, -0.2) is 9.59 Å². The molecule has 2 heterocycles. The van der Waals surface area contributed by atoms with E-state index in [-0.39, 0.29) is 17.7 Å². The Morgan fingerprint density at radius 2 is 1.59 bits per heavy atom. The second-order valence-electron chi connectivity index (χ2n) is 7.56. The summed E-state index contributed by atoms with van der Waals surface area (Å²) in [6.07, 6.45) is 0. The predicted octanol–water partition coefficient (Wildman–Crippen LogP) is 3.67. The fourth-order valence-electron chi connectivity index (χ4n) is 4.07. The van der Waals surface area contributed by atoms with Gasteiger partial charge in [0.05, 0.1) is 11.1 Å². The summed E-state index contributed by atoms with van der Waals surface area (Å²) in [5.41, 5.74) is 0.824. The fraction of sp³-hybridized carbons (Fsp3) is 0.120. The van der Waals surface area contributed by atoms with Crippen LogP contribution in [0.2, 0.25) is 0 Å². The monoisotopic (exact) mass is 427 g/mol. The first-order valence-electron chi connectivity index (χ1n) is 10.0. The number of nitrogens with zero attached hydrogens (tertiary/aromatic N) is 1. The molecule has 4 aromatic rings. The average Bonchev–Trinajstić information content (AvgIpc) is 3.06. The Balaban J connectivity index is 1.43. The van der Waals surface area contributed by atoms with Gasteiger partial charge in [0.2, 0.25) is 0 Å². The number of hydrogen-bond acceptors (Lipinski definition) is 6. The van der Waals surface area contributed by atoms with E-state index in [1.165, 1.54) is 13.0 Å². The second-order valence-corrected chi connectivity index (χ2v) is 7.56. The van der Waals surface area contributed by atoms with Gasteiger partial charge < -0.3 is 9.15 Å². The molecule has 1 aromatic heterocycles. The summed E-state index contributed by atoms with van der Waals surface area (Å²) in [5, 5.41) is 2.47. The highest BCUT2D eigenvalue weighted by Gasteiger charge is 2.41. The third kappa shape index (κ3) is 3.06. The van der Waals surface area contributed by atoms with Crippen LogP contribution in [0.15, 0.2) is 75.9 Å². The first-order chi connectivity index (χ1) is 15.5. The highest BCUT2D eigenvalue weighted by atomic mass is 16.5. The van der Waals surface area contributed by atoms with Crippen molar-refractivity contribution in [3.05, 3.63) is 93.8 Å². The van der Waals surface area contributed by atoms with Crippen molar-refractivity contribution in [2.75, 3.05) is 0 Å². The molecule has 0 radical (unpaired) electrons. The molecule has 1 atom stereocenters. The summed E-state index contributed by atoms with van der Waals surface area (Å²) >= 11 is 0. The van der Waals surface area contributed by atoms with Crippen LogP contribution in [-0.4, -0.2) is 28.7 Å². The Labute approximate surface area is 181 Å². The standard InChI is InChI=1S/C25H17NO6/c1-14(26-23(28)18-8-4-5-9-19(18)24(26)29)25(30)31-13-16-12-21(27)32-20-11-10-15-6-2-3-7-17(15)22(16)20/h2-12,14H,13H2,1H3. The van der Waals surface area contributed by atoms with Crippen molar-refractivity contribution in [1.82, 2.24) is 4.90 Å². The van der Waals surface area contributed by atoms with E-state index in [0.29, 0.717) is 16.5 Å². The number of fused-ring (bicyclic) bond motifs is 4. The molecule has 1 aliphatic rings. The number of benzene rings is 3. The van der Waals surface area contributed by atoms with Gasteiger partial charge in [-0.2, -0.15) is 0 Å². The van der Waals surface area contributed by atoms with Gasteiger partial charge in [-0.1, -0.05) is 42.5 Å². The highest BCUT2D eigenvalue weighted by Crippen LogP contribution is 2.28. The van der Waals surface area contributed by atoms with Crippen LogP contribution in [0.3, 0.4) is 0 Å². The summed E-state index contributed by atoms with van der Waals surface area (Å²) < 4.78 is 10.8. The third-order valence-corrected chi connectivity index (χ3v) is 5.64. The number of ether oxygens (including phenoxy) is 1. The molecule has 1 aliphatic heterocycles. The predicted molar refractivity (Wildman–Crippen MR) is 116 cm³/mol. The highest BCUT2D eigenvalue weighted by molar-refractivity contribution is 6.22. The Kier molecular flexibility index (Phi) is 4.59. The molecule has 0 fully saturated rings. The van der Waals surface area contributed by atoms with Crippen LogP contribution in [0.25, 0.3) is 21.7 Å². The molecule has 158 valence electrons. The lowest BCUT2D eigenvalue weighted by Gasteiger charge is -2.21. The summed E-state index contributed by atoms with van der Waals surface area (Å²) in [7, 11) is 0. The number of carbonyl (C=O) groups is 3. The van der Waals surface area contributed by atoms with Gasteiger partial charge in [-0.15, -0.1) is 0 Å². The Hall–Kier alpha value is -4.26. The quantitative estimate of drug-likeness (QED) is 0.213. The van der Waals surface area contributed by atoms with Crippen LogP contribution in [0.4, 0.5) is 0 Å². The van der Waals surface area contributed by atoms with Crippen molar-refractivity contribution in [1.29, 1.82) is 0 Å². The first-order valence-corrected chi connectivity index (χ1v) is 10.0. The van der Waals surface area contributed by atoms with E-state index in [4.69, 9.17) is 9.15 Å². The Morgan fingerprint density at radius 1 is 0.938 bits per heavy atom. The zero-order chi connectivity index (χ0) is 22.4. The van der Waals surface area contributed by atoms with E-state index in [0.717, 1.165) is 15.7 Å². The molecule has 2 amide bonds. The van der Waals surface area contributed by atoms with Gasteiger partial charge in [0, 0.05) is 17.0 Å². The largest absolute Gasteiger partial charge is 0.459 e. The van der Waals surface area contributed by atoms with Gasteiger partial charge in [-0.3, -0.25) is 14.5 Å². The molecule has 0 spiro atoms. The van der Waals surface area contributed by atoms with Crippen molar-refractivity contribution in [3.8, 4) is 0 Å². The van der Waals surface area contributed by atoms with Crippen molar-refractivity contribution in [2.24, 2.45) is 0 Å². The van der Waals surface area contributed by atoms with Crippen LogP contribution < -0.4 is 5.63 Å². The molecule has 3 aromatic carbocycles. The molecule has 0 N–H and O–H groups in total. The minimum Gasteiger partial charge on any atom is -0.459 e. The molecule has 5 rings (SSSR count). The van der Waals surface area contributed by atoms with Gasteiger partial charge in [0.15, 0.2) is 0 Å². The molecule has 7 heteroatoms. The molecule has 1 unspecified atom stereocenters. The molecular formula is C25H17NO6. The van der Waals surface area contributed by atoms with Gasteiger partial charge in [0.1, 0.15) is 18.2 Å². The number of esters is 1. The van der Waals surface area contributed by atoms with Crippen LogP contribution in [0.5, 0.6) is 0 Å². The lowest BCUT2D eigenvalue weighted by Crippen LogP contribution is -2.43. The topological polar surface area (TPSA) is 93.9 Å². The van der Waals surface area contributed by atoms with E-state index in [2.05, 4.69) is 0 Å². The number of amides is 2. The number of carbonyl (C=O) groups excluding carboxylic acids is 3. The van der Waals surface area contributed by atoms with Crippen LogP contribution in [0.1, 0.15) is 33.2 Å². The minimum atomic E-state index is -1.12. The molecule has 7 nitrogen and oxygen atoms in total. The number of rotatable bonds is 4. The van der Waals surface area contributed by atoms with E-state index in [1.807, 2.05) is 30.3 Å². The number of hydrogen-bond donors (Lipinski definition) is 0. The fourth-order valence-corrected chi connectivity index (χ4v) is 4.07. The SMILES string of the molecule is CC(C(=O)OCc1cc(=O)oc2ccc3ccccc3c12)N1C(=O)c2ccccc2C1=O. The Morgan fingerprint density at radius 3 is 2.31 bits per heavy atom. The Bertz CT molecular complexity index is 1450. The summed E-state index contributed by atoms with van der Waals surface area (Å²) in [4.78, 5) is 51.0. The lowest BCUT2D eigenvalue weighted by molar-refractivity contribution is -0.149. The summed E-state index contributed by atoms with van der Waals surface area (Å²) in [5.74, 6) is -1.82. The second kappa shape index (κ2) is 7.46. The third-order valence-electron chi connectivity index (χ3n) is 5.64. The summed E-state index contributed by atoms with van der Waals surface area (Å²) in [6, 6.07) is 17.7. The lowest BCUT2D eigenvalue weighted by atomic mass is 10.0. The zero-order valence-corrected chi connectivity index (χ0v) is 17.0. The van der Waals surface area contributed by atoms with Gasteiger partial charge in [-0.05, 0) is 35.9 Å². The molecule has 0 bridgehead atoms. The van der Waals surface area contributed by atoms with E-state index >= 15 is 0 Å². The van der Waals surface area contributed by atoms with Gasteiger partial charge in [0.25, 0.3) is 11.8 Å². The zero-order valence-electron chi connectivity index (χ0n) is 17.0. The van der Waals surface area contributed by atoms with Crippen LogP contribution in [-0.2, 0) is 16.1 Å². The van der Waals surface area contributed by atoms with Gasteiger partial charge >= 0.3 is 11.6 Å².